The number of benzene rings is 3. The Bertz CT molecular complexity index is 1820. The van der Waals surface area contributed by atoms with Crippen LogP contribution in [-0.4, -0.2) is 35.1 Å². The molecule has 0 spiro atoms. The molecule has 3 aromatic carbocycles. The van der Waals surface area contributed by atoms with E-state index in [0.29, 0.717) is 35.2 Å². The molecule has 0 aliphatic carbocycles. The summed E-state index contributed by atoms with van der Waals surface area (Å²) >= 11 is 7.66. The van der Waals surface area contributed by atoms with Crippen LogP contribution in [-0.2, 0) is 29.5 Å². The molecule has 1 aliphatic rings. The van der Waals surface area contributed by atoms with Crippen molar-refractivity contribution < 1.29 is 13.2 Å². The van der Waals surface area contributed by atoms with Crippen molar-refractivity contribution in [2.75, 3.05) is 11.4 Å². The van der Waals surface area contributed by atoms with E-state index in [1.165, 1.54) is 33.3 Å². The van der Waals surface area contributed by atoms with E-state index >= 15 is 0 Å². The first-order valence-electron chi connectivity index (χ1n) is 12.7. The fraction of sp³-hybridized carbons (Fsp3) is 0.167. The Kier molecular flexibility index (Phi) is 7.14. The molecular formula is C30H25ClN4O3S2. The first-order chi connectivity index (χ1) is 19.3. The van der Waals surface area contributed by atoms with Crippen LogP contribution in [0, 0.1) is 6.92 Å². The molecule has 1 aliphatic heterocycles. The van der Waals surface area contributed by atoms with E-state index < -0.39 is 10.0 Å². The molecular weight excluding hydrogens is 564 g/mol. The highest BCUT2D eigenvalue weighted by molar-refractivity contribution is 7.89. The van der Waals surface area contributed by atoms with Crippen LogP contribution in [0.3, 0.4) is 0 Å². The van der Waals surface area contributed by atoms with Gasteiger partial charge in [-0.2, -0.15) is 4.31 Å². The summed E-state index contributed by atoms with van der Waals surface area (Å²) in [6.07, 6.45) is 4.03. The number of sulfonamides is 1. The molecule has 5 aromatic rings. The highest BCUT2D eigenvalue weighted by Gasteiger charge is 2.29. The number of anilines is 1. The first kappa shape index (κ1) is 26.6. The number of fused-ring (bicyclic) bond motifs is 2. The van der Waals surface area contributed by atoms with Gasteiger partial charge in [0.15, 0.2) is 5.13 Å². The summed E-state index contributed by atoms with van der Waals surface area (Å²) in [7, 11) is -3.72. The zero-order valence-corrected chi connectivity index (χ0v) is 24.0. The van der Waals surface area contributed by atoms with Crippen molar-refractivity contribution in [3.05, 3.63) is 118 Å². The van der Waals surface area contributed by atoms with E-state index in [0.717, 1.165) is 26.9 Å². The Morgan fingerprint density at radius 1 is 1.02 bits per heavy atom. The van der Waals surface area contributed by atoms with Gasteiger partial charge in [-0.15, -0.1) is 0 Å². The highest BCUT2D eigenvalue weighted by Crippen LogP contribution is 2.34. The fourth-order valence-electron chi connectivity index (χ4n) is 4.90. The second kappa shape index (κ2) is 10.7. The molecule has 1 amide bonds. The van der Waals surface area contributed by atoms with Crippen LogP contribution in [0.2, 0.25) is 5.02 Å². The smallest absolute Gasteiger partial charge is 0.260 e. The Morgan fingerprint density at radius 2 is 1.75 bits per heavy atom. The van der Waals surface area contributed by atoms with Crippen molar-refractivity contribution >= 4 is 54.2 Å². The first-order valence-corrected chi connectivity index (χ1v) is 15.4. The Labute approximate surface area is 241 Å². The molecule has 10 heteroatoms. The lowest BCUT2D eigenvalue weighted by Crippen LogP contribution is -2.36. The van der Waals surface area contributed by atoms with Crippen LogP contribution in [0.1, 0.15) is 32.6 Å². The summed E-state index contributed by atoms with van der Waals surface area (Å²) in [5, 5.41) is 1.15. The number of hydrogen-bond donors (Lipinski definition) is 0. The number of pyridine rings is 1. The monoisotopic (exact) mass is 588 g/mol. The van der Waals surface area contributed by atoms with Gasteiger partial charge in [0.25, 0.3) is 5.91 Å². The Balaban J connectivity index is 1.30. The van der Waals surface area contributed by atoms with Crippen LogP contribution >= 0.6 is 22.9 Å². The molecule has 0 unspecified atom stereocenters. The average Bonchev–Trinajstić information content (AvgIpc) is 3.40. The van der Waals surface area contributed by atoms with Gasteiger partial charge in [0, 0.05) is 36.1 Å². The maximum Gasteiger partial charge on any atom is 0.260 e. The number of aryl methyl sites for hydroxylation is 1. The minimum Gasteiger partial charge on any atom is -0.279 e. The number of amides is 1. The predicted octanol–water partition coefficient (Wildman–Crippen LogP) is 6.25. The molecule has 3 heterocycles. The largest absolute Gasteiger partial charge is 0.279 e. The van der Waals surface area contributed by atoms with E-state index in [1.54, 1.807) is 29.4 Å². The summed E-state index contributed by atoms with van der Waals surface area (Å²) in [4.78, 5) is 24.5. The van der Waals surface area contributed by atoms with E-state index in [2.05, 4.69) is 4.98 Å². The topological polar surface area (TPSA) is 83.5 Å². The van der Waals surface area contributed by atoms with Crippen LogP contribution in [0.15, 0.2) is 90.1 Å². The van der Waals surface area contributed by atoms with Crippen molar-refractivity contribution in [1.82, 2.24) is 14.3 Å². The molecule has 7 nitrogen and oxygen atoms in total. The third-order valence-electron chi connectivity index (χ3n) is 7.04. The SMILES string of the molecule is Cc1cc(Cl)cc2sc(N(Cc3ccncc3)C(=O)c3ccc(S(=O)(=O)N4CCc5ccccc5C4)cc3)nc12. The Morgan fingerprint density at radius 3 is 2.50 bits per heavy atom. The minimum atomic E-state index is -3.72. The number of halogens is 1. The van der Waals surface area contributed by atoms with E-state index in [4.69, 9.17) is 16.6 Å². The number of hydrogen-bond acceptors (Lipinski definition) is 6. The van der Waals surface area contributed by atoms with Gasteiger partial charge in [-0.25, -0.2) is 13.4 Å². The second-order valence-electron chi connectivity index (χ2n) is 9.69. The number of thiazole rings is 1. The van der Waals surface area contributed by atoms with Crippen LogP contribution in [0.25, 0.3) is 10.2 Å². The maximum absolute atomic E-state index is 13.9. The number of nitrogens with zero attached hydrogens (tertiary/aromatic N) is 4. The van der Waals surface area contributed by atoms with Gasteiger partial charge in [-0.05, 0) is 84.1 Å². The van der Waals surface area contributed by atoms with Crippen LogP contribution in [0.4, 0.5) is 5.13 Å². The standard InChI is InChI=1S/C30H25ClN4O3S2/c1-20-16-25(31)17-27-28(20)33-30(39-27)35(18-21-10-13-32-14-11-21)29(36)23-6-8-26(9-7-23)40(37,38)34-15-12-22-4-2-3-5-24(22)19-34/h2-11,13-14,16-17H,12,15,18-19H2,1H3. The van der Waals surface area contributed by atoms with Gasteiger partial charge in [0.1, 0.15) is 0 Å². The lowest BCUT2D eigenvalue weighted by Gasteiger charge is -2.28. The molecule has 0 saturated heterocycles. The minimum absolute atomic E-state index is 0.161. The van der Waals surface area contributed by atoms with Gasteiger partial charge >= 0.3 is 0 Å². The summed E-state index contributed by atoms with van der Waals surface area (Å²) in [6, 6.07) is 21.5. The van der Waals surface area contributed by atoms with Gasteiger partial charge in [0.05, 0.1) is 21.7 Å². The number of carbonyl (C=O) groups excluding carboxylic acids is 1. The molecule has 0 radical (unpaired) electrons. The van der Waals surface area contributed by atoms with Crippen LogP contribution < -0.4 is 4.90 Å². The normalized spacial score (nSPS) is 13.8. The summed E-state index contributed by atoms with van der Waals surface area (Å²) in [5.41, 5.74) is 5.17. The van der Waals surface area contributed by atoms with Gasteiger partial charge in [-0.3, -0.25) is 14.7 Å². The number of rotatable bonds is 6. The third-order valence-corrected chi connectivity index (χ3v) is 10.1. The molecule has 0 fully saturated rings. The number of aromatic nitrogens is 2. The average molecular weight is 589 g/mol. The number of carbonyl (C=O) groups is 1. The molecule has 0 atom stereocenters. The molecule has 0 N–H and O–H groups in total. The van der Waals surface area contributed by atoms with E-state index in [-0.39, 0.29) is 17.3 Å². The maximum atomic E-state index is 13.9. The van der Waals surface area contributed by atoms with Crippen molar-refractivity contribution in [2.24, 2.45) is 0 Å². The molecule has 0 saturated carbocycles. The van der Waals surface area contributed by atoms with Gasteiger partial charge in [0.2, 0.25) is 10.0 Å². The third kappa shape index (κ3) is 5.13. The van der Waals surface area contributed by atoms with Gasteiger partial charge in [-0.1, -0.05) is 47.2 Å². The second-order valence-corrected chi connectivity index (χ2v) is 13.1. The predicted molar refractivity (Wildman–Crippen MR) is 158 cm³/mol. The van der Waals surface area contributed by atoms with Crippen LogP contribution in [0.5, 0.6) is 0 Å². The summed E-state index contributed by atoms with van der Waals surface area (Å²) < 4.78 is 29.3. The van der Waals surface area contributed by atoms with Gasteiger partial charge < -0.3 is 0 Å². The van der Waals surface area contributed by atoms with Crippen molar-refractivity contribution in [3.8, 4) is 0 Å². The highest BCUT2D eigenvalue weighted by atomic mass is 35.5. The molecule has 0 bridgehead atoms. The van der Waals surface area contributed by atoms with Crippen molar-refractivity contribution in [1.29, 1.82) is 0 Å². The molecule has 40 heavy (non-hydrogen) atoms. The molecule has 2 aromatic heterocycles. The van der Waals surface area contributed by atoms with E-state index in [9.17, 15) is 13.2 Å². The Hall–Kier alpha value is -3.63. The lowest BCUT2D eigenvalue weighted by molar-refractivity contribution is 0.0985. The molecule has 6 rings (SSSR count). The zero-order chi connectivity index (χ0) is 27.9. The van der Waals surface area contributed by atoms with Crippen molar-refractivity contribution in [3.63, 3.8) is 0 Å². The fourth-order valence-corrected chi connectivity index (χ4v) is 7.74. The summed E-state index contributed by atoms with van der Waals surface area (Å²) in [5.74, 6) is -0.282. The lowest BCUT2D eigenvalue weighted by atomic mass is 10.0. The molecule has 202 valence electrons. The van der Waals surface area contributed by atoms with E-state index in [1.807, 2.05) is 55.5 Å². The zero-order valence-electron chi connectivity index (χ0n) is 21.6. The van der Waals surface area contributed by atoms with Crippen molar-refractivity contribution in [2.45, 2.75) is 31.3 Å². The summed E-state index contributed by atoms with van der Waals surface area (Å²) in [6.45, 7) is 2.97. The quantitative estimate of drug-likeness (QED) is 0.234.